The quantitative estimate of drug-likeness (QED) is 0.356. The third kappa shape index (κ3) is 3.12. The number of hydrogen-bond donors (Lipinski definition) is 0. The zero-order valence-electron chi connectivity index (χ0n) is 13.9. The van der Waals surface area contributed by atoms with E-state index in [0.717, 1.165) is 27.9 Å². The van der Waals surface area contributed by atoms with Crippen LogP contribution in [0.5, 0.6) is 0 Å². The van der Waals surface area contributed by atoms with Crippen LogP contribution in [0.1, 0.15) is 11.1 Å². The van der Waals surface area contributed by atoms with Crippen LogP contribution in [-0.4, -0.2) is 5.71 Å². The Balaban J connectivity index is 1.97. The molecule has 0 aliphatic carbocycles. The molecule has 0 saturated carbocycles. The van der Waals surface area contributed by atoms with Crippen molar-refractivity contribution in [3.05, 3.63) is 113 Å². The van der Waals surface area contributed by atoms with Gasteiger partial charge in [-0.3, -0.25) is 0 Å². The van der Waals surface area contributed by atoms with Crippen molar-refractivity contribution in [3.8, 4) is 0 Å². The summed E-state index contributed by atoms with van der Waals surface area (Å²) in [5.41, 5.74) is 3.65. The molecular weight excluding hydrogens is 345 g/mol. The number of benzene rings is 4. The van der Waals surface area contributed by atoms with E-state index < -0.39 is 5.82 Å². The number of hydrogen-bond acceptors (Lipinski definition) is 1. The fraction of sp³-hybridized carbons (Fsp3) is 0. The molecule has 0 amide bonds. The van der Waals surface area contributed by atoms with Gasteiger partial charge in [0.25, 0.3) is 0 Å². The lowest BCUT2D eigenvalue weighted by Gasteiger charge is -2.10. The van der Waals surface area contributed by atoms with Gasteiger partial charge in [-0.1, -0.05) is 84.4 Å². The molecule has 3 heteroatoms. The number of aliphatic imine (C=N–C) groups is 1. The second kappa shape index (κ2) is 7.11. The summed E-state index contributed by atoms with van der Waals surface area (Å²) < 4.78 is 13.8. The van der Waals surface area contributed by atoms with Crippen LogP contribution in [0.25, 0.3) is 10.8 Å². The van der Waals surface area contributed by atoms with Crippen molar-refractivity contribution in [1.29, 1.82) is 0 Å². The Morgan fingerprint density at radius 1 is 0.654 bits per heavy atom. The van der Waals surface area contributed by atoms with E-state index in [1.807, 2.05) is 78.9 Å². The van der Waals surface area contributed by atoms with Crippen LogP contribution in [0.2, 0.25) is 5.02 Å². The number of rotatable bonds is 3. The van der Waals surface area contributed by atoms with E-state index in [9.17, 15) is 4.39 Å². The average Bonchev–Trinajstić information content (AvgIpc) is 2.70. The third-order valence-electron chi connectivity index (χ3n) is 4.25. The molecule has 0 bridgehead atoms. The standard InChI is InChI=1S/C23H15ClFN/c24-22-19-12-7-13-21(18(19)14-15-20(22)25)26-23(16-8-3-1-4-9-16)17-10-5-2-6-11-17/h1-15H. The lowest BCUT2D eigenvalue weighted by atomic mass is 10.0. The second-order valence-corrected chi connectivity index (χ2v) is 6.30. The van der Waals surface area contributed by atoms with E-state index >= 15 is 0 Å². The smallest absolute Gasteiger partial charge is 0.142 e. The third-order valence-corrected chi connectivity index (χ3v) is 4.64. The van der Waals surface area contributed by atoms with Crippen molar-refractivity contribution in [2.45, 2.75) is 0 Å². The molecule has 0 atom stereocenters. The maximum absolute atomic E-state index is 13.8. The molecule has 0 aromatic heterocycles. The van der Waals surface area contributed by atoms with Crippen LogP contribution in [0, 0.1) is 5.82 Å². The molecule has 4 aromatic rings. The van der Waals surface area contributed by atoms with Gasteiger partial charge in [0.2, 0.25) is 0 Å². The average molecular weight is 360 g/mol. The molecule has 0 heterocycles. The highest BCUT2D eigenvalue weighted by Crippen LogP contribution is 2.33. The number of nitrogens with zero attached hydrogens (tertiary/aromatic N) is 1. The van der Waals surface area contributed by atoms with Crippen molar-refractivity contribution in [2.75, 3.05) is 0 Å². The second-order valence-electron chi connectivity index (χ2n) is 5.93. The van der Waals surface area contributed by atoms with Gasteiger partial charge in [-0.15, -0.1) is 0 Å². The highest BCUT2D eigenvalue weighted by molar-refractivity contribution is 6.36. The summed E-state index contributed by atoms with van der Waals surface area (Å²) in [5.74, 6) is -0.424. The van der Waals surface area contributed by atoms with Crippen LogP contribution >= 0.6 is 11.6 Å². The summed E-state index contributed by atoms with van der Waals surface area (Å²) >= 11 is 6.15. The largest absolute Gasteiger partial charge is 0.247 e. The zero-order valence-corrected chi connectivity index (χ0v) is 14.6. The maximum Gasteiger partial charge on any atom is 0.142 e. The molecule has 0 unspecified atom stereocenters. The van der Waals surface area contributed by atoms with Crippen LogP contribution in [0.4, 0.5) is 10.1 Å². The molecule has 126 valence electrons. The van der Waals surface area contributed by atoms with E-state index in [2.05, 4.69) is 0 Å². The summed E-state index contributed by atoms with van der Waals surface area (Å²) in [6.45, 7) is 0. The molecule has 0 saturated heterocycles. The molecule has 0 aliphatic heterocycles. The first-order valence-corrected chi connectivity index (χ1v) is 8.68. The molecule has 0 radical (unpaired) electrons. The van der Waals surface area contributed by atoms with Crippen LogP contribution in [-0.2, 0) is 0 Å². The van der Waals surface area contributed by atoms with E-state index in [1.165, 1.54) is 6.07 Å². The van der Waals surface area contributed by atoms with Gasteiger partial charge in [0, 0.05) is 21.9 Å². The van der Waals surface area contributed by atoms with E-state index in [0.29, 0.717) is 5.39 Å². The molecule has 0 N–H and O–H groups in total. The van der Waals surface area contributed by atoms with Crippen molar-refractivity contribution in [3.63, 3.8) is 0 Å². The molecule has 26 heavy (non-hydrogen) atoms. The van der Waals surface area contributed by atoms with Gasteiger partial charge < -0.3 is 0 Å². The Bertz CT molecular complexity index is 1050. The normalized spacial score (nSPS) is 10.7. The maximum atomic E-state index is 13.8. The molecular formula is C23H15ClFN. The summed E-state index contributed by atoms with van der Waals surface area (Å²) in [4.78, 5) is 4.93. The Hall–Kier alpha value is -2.97. The Kier molecular flexibility index (Phi) is 4.51. The Morgan fingerprint density at radius 3 is 1.88 bits per heavy atom. The molecule has 0 fully saturated rings. The van der Waals surface area contributed by atoms with Gasteiger partial charge in [0.05, 0.1) is 16.4 Å². The van der Waals surface area contributed by atoms with Crippen LogP contribution in [0.15, 0.2) is 96.0 Å². The summed E-state index contributed by atoms with van der Waals surface area (Å²) in [6, 6.07) is 28.7. The van der Waals surface area contributed by atoms with E-state index in [4.69, 9.17) is 16.6 Å². The molecule has 4 aromatic carbocycles. The summed E-state index contributed by atoms with van der Waals surface area (Å²) in [6.07, 6.45) is 0. The van der Waals surface area contributed by atoms with Gasteiger partial charge in [0.1, 0.15) is 5.82 Å². The van der Waals surface area contributed by atoms with Gasteiger partial charge in [-0.25, -0.2) is 9.38 Å². The van der Waals surface area contributed by atoms with Crippen molar-refractivity contribution in [1.82, 2.24) is 0 Å². The predicted octanol–water partition coefficient (Wildman–Crippen LogP) is 6.80. The first-order valence-electron chi connectivity index (χ1n) is 8.30. The SMILES string of the molecule is Fc1ccc2c(N=C(c3ccccc3)c3ccccc3)cccc2c1Cl. The number of halogens is 2. The van der Waals surface area contributed by atoms with Gasteiger partial charge in [0.15, 0.2) is 0 Å². The Labute approximate surface area is 156 Å². The predicted molar refractivity (Wildman–Crippen MR) is 107 cm³/mol. The summed E-state index contributed by atoms with van der Waals surface area (Å²) in [5, 5.41) is 1.61. The highest BCUT2D eigenvalue weighted by atomic mass is 35.5. The number of fused-ring (bicyclic) bond motifs is 1. The van der Waals surface area contributed by atoms with Gasteiger partial charge in [-0.05, 0) is 18.2 Å². The van der Waals surface area contributed by atoms with Crippen LogP contribution < -0.4 is 0 Å². The fourth-order valence-electron chi connectivity index (χ4n) is 2.98. The summed E-state index contributed by atoms with van der Waals surface area (Å²) in [7, 11) is 0. The molecule has 1 nitrogen and oxygen atoms in total. The van der Waals surface area contributed by atoms with Crippen molar-refractivity contribution in [2.24, 2.45) is 4.99 Å². The molecule has 0 spiro atoms. The highest BCUT2D eigenvalue weighted by Gasteiger charge is 2.11. The lowest BCUT2D eigenvalue weighted by molar-refractivity contribution is 0.630. The van der Waals surface area contributed by atoms with E-state index in [-0.39, 0.29) is 5.02 Å². The minimum Gasteiger partial charge on any atom is -0.247 e. The lowest BCUT2D eigenvalue weighted by Crippen LogP contribution is -2.02. The minimum atomic E-state index is -0.424. The van der Waals surface area contributed by atoms with E-state index in [1.54, 1.807) is 6.07 Å². The Morgan fingerprint density at radius 2 is 1.27 bits per heavy atom. The first-order chi connectivity index (χ1) is 12.7. The van der Waals surface area contributed by atoms with Crippen molar-refractivity contribution >= 4 is 33.8 Å². The van der Waals surface area contributed by atoms with Crippen molar-refractivity contribution < 1.29 is 4.39 Å². The van der Waals surface area contributed by atoms with Crippen LogP contribution in [0.3, 0.4) is 0 Å². The monoisotopic (exact) mass is 359 g/mol. The zero-order chi connectivity index (χ0) is 17.9. The molecule has 4 rings (SSSR count). The molecule has 0 aliphatic rings. The van der Waals surface area contributed by atoms with Gasteiger partial charge >= 0.3 is 0 Å². The topological polar surface area (TPSA) is 12.4 Å². The fourth-order valence-corrected chi connectivity index (χ4v) is 3.21. The first kappa shape index (κ1) is 16.5. The van der Waals surface area contributed by atoms with Gasteiger partial charge in [-0.2, -0.15) is 0 Å². The minimum absolute atomic E-state index is 0.125.